The standard InChI is InChI=1S/C59H33N5O2/c1-2-16-36-33-50-46(32-35(36)15-1)40-20-7-9-24-47(40)63(50)54-44(30-29-43-53-37-17-4-3-14-34(37)28-31-52(53)66-56(43)54)57-60-58(45-23-13-22-42-41-21-8-12-27-51(41)65-55(42)45)62-59(61-57)64-48-25-10-5-18-38(48)39-19-6-11-26-49(39)64/h1-33H. The topological polar surface area (TPSA) is 74.8 Å². The van der Waals surface area contributed by atoms with Crippen LogP contribution in [0.1, 0.15) is 0 Å². The van der Waals surface area contributed by atoms with Crippen LogP contribution in [0.2, 0.25) is 0 Å². The first-order valence-electron chi connectivity index (χ1n) is 22.2. The molecule has 0 saturated carbocycles. The van der Waals surface area contributed by atoms with Crippen LogP contribution in [0.5, 0.6) is 0 Å². The maximum absolute atomic E-state index is 7.17. The number of fused-ring (bicyclic) bond motifs is 15. The van der Waals surface area contributed by atoms with E-state index >= 15 is 0 Å². The molecule has 66 heavy (non-hydrogen) atoms. The molecule has 0 aliphatic rings. The molecule has 7 nitrogen and oxygen atoms in total. The minimum atomic E-state index is 0.496. The van der Waals surface area contributed by atoms with E-state index in [-0.39, 0.29) is 0 Å². The van der Waals surface area contributed by atoms with Crippen molar-refractivity contribution in [3.63, 3.8) is 0 Å². The Hall–Kier alpha value is -9.07. The minimum Gasteiger partial charge on any atom is -0.455 e. The summed E-state index contributed by atoms with van der Waals surface area (Å²) in [6.07, 6.45) is 0. The number of rotatable bonds is 4. The summed E-state index contributed by atoms with van der Waals surface area (Å²) in [6.45, 7) is 0. The van der Waals surface area contributed by atoms with Crippen LogP contribution in [-0.2, 0) is 0 Å². The maximum Gasteiger partial charge on any atom is 0.238 e. The van der Waals surface area contributed by atoms with Crippen LogP contribution in [0.25, 0.3) is 143 Å². The highest BCUT2D eigenvalue weighted by atomic mass is 16.3. The molecule has 0 atom stereocenters. The van der Waals surface area contributed by atoms with E-state index < -0.39 is 0 Å². The lowest BCUT2D eigenvalue weighted by Crippen LogP contribution is -2.08. The number of hydrogen-bond acceptors (Lipinski definition) is 5. The summed E-state index contributed by atoms with van der Waals surface area (Å²) in [4.78, 5) is 16.4. The molecule has 0 N–H and O–H groups in total. The highest BCUT2D eigenvalue weighted by Crippen LogP contribution is 2.45. The monoisotopic (exact) mass is 843 g/mol. The van der Waals surface area contributed by atoms with E-state index in [1.165, 1.54) is 5.39 Å². The van der Waals surface area contributed by atoms with Crippen LogP contribution in [0.15, 0.2) is 209 Å². The molecular formula is C59H33N5O2. The van der Waals surface area contributed by atoms with Crippen molar-refractivity contribution in [3.8, 4) is 34.4 Å². The van der Waals surface area contributed by atoms with Crippen molar-refractivity contribution in [2.75, 3.05) is 0 Å². The van der Waals surface area contributed by atoms with E-state index in [9.17, 15) is 0 Å². The van der Waals surface area contributed by atoms with Crippen LogP contribution in [0, 0.1) is 0 Å². The van der Waals surface area contributed by atoms with Crippen molar-refractivity contribution in [1.29, 1.82) is 0 Å². The van der Waals surface area contributed by atoms with Crippen molar-refractivity contribution >= 4 is 109 Å². The molecule has 5 heterocycles. The summed E-state index contributed by atoms with van der Waals surface area (Å²) in [5.74, 6) is 1.49. The van der Waals surface area contributed by atoms with Gasteiger partial charge in [-0.05, 0) is 82.2 Å². The van der Waals surface area contributed by atoms with Gasteiger partial charge < -0.3 is 13.4 Å². The van der Waals surface area contributed by atoms with Crippen LogP contribution in [0.4, 0.5) is 0 Å². The molecule has 0 aliphatic heterocycles. The summed E-state index contributed by atoms with van der Waals surface area (Å²) in [7, 11) is 0. The third-order valence-corrected chi connectivity index (χ3v) is 13.6. The van der Waals surface area contributed by atoms with Gasteiger partial charge in [-0.15, -0.1) is 0 Å². The zero-order chi connectivity index (χ0) is 43.0. The zero-order valence-corrected chi connectivity index (χ0v) is 35.1. The Morgan fingerprint density at radius 2 is 0.894 bits per heavy atom. The van der Waals surface area contributed by atoms with E-state index in [1.54, 1.807) is 0 Å². The van der Waals surface area contributed by atoms with Gasteiger partial charge in [-0.25, -0.2) is 4.98 Å². The number of para-hydroxylation sites is 5. The van der Waals surface area contributed by atoms with Gasteiger partial charge in [0.1, 0.15) is 22.4 Å². The summed E-state index contributed by atoms with van der Waals surface area (Å²) in [5.41, 5.74) is 9.60. The Morgan fingerprint density at radius 1 is 0.318 bits per heavy atom. The number of benzene rings is 10. The largest absolute Gasteiger partial charge is 0.455 e. The zero-order valence-electron chi connectivity index (χ0n) is 35.1. The maximum atomic E-state index is 7.17. The van der Waals surface area contributed by atoms with Crippen LogP contribution in [0.3, 0.4) is 0 Å². The van der Waals surface area contributed by atoms with E-state index in [0.29, 0.717) is 17.6 Å². The SMILES string of the molecule is c1ccc2cc3c(cc2c1)c1ccccc1n3-c1c(-c2nc(-c3cccc4c3oc3ccccc34)nc(-n3c4ccccc4c4ccccc43)n2)ccc2c1oc1ccc3ccccc3c12. The van der Waals surface area contributed by atoms with E-state index in [2.05, 4.69) is 185 Å². The van der Waals surface area contributed by atoms with Gasteiger partial charge in [0.25, 0.3) is 0 Å². The second-order valence-corrected chi connectivity index (χ2v) is 17.1. The third-order valence-electron chi connectivity index (χ3n) is 13.6. The lowest BCUT2D eigenvalue weighted by molar-refractivity contribution is 0.666. The number of nitrogens with zero attached hydrogens (tertiary/aromatic N) is 5. The van der Waals surface area contributed by atoms with Gasteiger partial charge in [0.05, 0.1) is 27.6 Å². The Morgan fingerprint density at radius 3 is 1.65 bits per heavy atom. The fraction of sp³-hybridized carbons (Fsp3) is 0. The Bertz CT molecular complexity index is 4500. The van der Waals surface area contributed by atoms with Crippen LogP contribution < -0.4 is 0 Å². The Labute approximate surface area is 375 Å². The Kier molecular flexibility index (Phi) is 7.10. The highest BCUT2D eigenvalue weighted by molar-refractivity contribution is 6.22. The average molecular weight is 844 g/mol. The molecule has 5 aromatic heterocycles. The smallest absolute Gasteiger partial charge is 0.238 e. The molecule has 0 spiro atoms. The first kappa shape index (κ1) is 35.4. The first-order valence-corrected chi connectivity index (χ1v) is 22.2. The molecular weight excluding hydrogens is 811 g/mol. The normalized spacial score (nSPS) is 12.2. The summed E-state index contributed by atoms with van der Waals surface area (Å²) < 4.78 is 18.4. The summed E-state index contributed by atoms with van der Waals surface area (Å²) in [6, 6.07) is 70.2. The quantitative estimate of drug-likeness (QED) is 0.176. The van der Waals surface area contributed by atoms with Crippen molar-refractivity contribution < 1.29 is 8.83 Å². The average Bonchev–Trinajstić information content (AvgIpc) is 4.13. The molecule has 0 radical (unpaired) electrons. The van der Waals surface area contributed by atoms with Gasteiger partial charge in [-0.1, -0.05) is 140 Å². The first-order chi connectivity index (χ1) is 32.7. The third kappa shape index (κ3) is 4.88. The lowest BCUT2D eigenvalue weighted by atomic mass is 10.0. The Balaban J connectivity index is 1.12. The van der Waals surface area contributed by atoms with Crippen molar-refractivity contribution in [3.05, 3.63) is 200 Å². The van der Waals surface area contributed by atoms with E-state index in [4.69, 9.17) is 23.8 Å². The molecule has 10 aromatic carbocycles. The molecule has 0 unspecified atom stereocenters. The molecule has 15 aromatic rings. The van der Waals surface area contributed by atoms with Gasteiger partial charge in [-0.3, -0.25) is 4.57 Å². The fourth-order valence-corrected chi connectivity index (χ4v) is 10.7. The van der Waals surface area contributed by atoms with Crippen molar-refractivity contribution in [2.45, 2.75) is 0 Å². The van der Waals surface area contributed by atoms with Crippen molar-refractivity contribution in [2.24, 2.45) is 0 Å². The van der Waals surface area contributed by atoms with Gasteiger partial charge in [0.2, 0.25) is 5.95 Å². The predicted molar refractivity (Wildman–Crippen MR) is 269 cm³/mol. The summed E-state index contributed by atoms with van der Waals surface area (Å²) >= 11 is 0. The molecule has 306 valence electrons. The molecule has 0 aliphatic carbocycles. The second kappa shape index (κ2) is 13.2. The van der Waals surface area contributed by atoms with Gasteiger partial charge >= 0.3 is 0 Å². The lowest BCUT2D eigenvalue weighted by Gasteiger charge is -2.16. The van der Waals surface area contributed by atoms with Crippen molar-refractivity contribution in [1.82, 2.24) is 24.1 Å². The molecule has 0 saturated heterocycles. The number of furan rings is 2. The fourth-order valence-electron chi connectivity index (χ4n) is 10.7. The van der Waals surface area contributed by atoms with E-state index in [0.717, 1.165) is 120 Å². The number of aromatic nitrogens is 5. The molecule has 0 bridgehead atoms. The van der Waals surface area contributed by atoms with Gasteiger partial charge in [0, 0.05) is 48.7 Å². The number of hydrogen-bond donors (Lipinski definition) is 0. The summed E-state index contributed by atoms with van der Waals surface area (Å²) in [5, 5.41) is 13.2. The molecule has 0 amide bonds. The van der Waals surface area contributed by atoms with E-state index in [1.807, 2.05) is 24.3 Å². The van der Waals surface area contributed by atoms with Crippen LogP contribution >= 0.6 is 0 Å². The molecule has 15 rings (SSSR count). The predicted octanol–water partition coefficient (Wildman–Crippen LogP) is 15.5. The minimum absolute atomic E-state index is 0.496. The second-order valence-electron chi connectivity index (χ2n) is 17.1. The van der Waals surface area contributed by atoms with Gasteiger partial charge in [-0.2, -0.15) is 9.97 Å². The molecule has 7 heteroatoms. The molecule has 0 fully saturated rings. The highest BCUT2D eigenvalue weighted by Gasteiger charge is 2.27. The van der Waals surface area contributed by atoms with Gasteiger partial charge in [0.15, 0.2) is 17.2 Å². The van der Waals surface area contributed by atoms with Crippen LogP contribution in [-0.4, -0.2) is 24.1 Å².